The number of nitrogens with one attached hydrogen (secondary N) is 1. The van der Waals surface area contributed by atoms with E-state index in [0.29, 0.717) is 43.4 Å². The maximum atomic E-state index is 13.0. The highest BCUT2D eigenvalue weighted by Crippen LogP contribution is 2.32. The molecule has 2 aromatic rings. The minimum absolute atomic E-state index is 0.0645. The van der Waals surface area contributed by atoms with E-state index in [-0.39, 0.29) is 24.2 Å². The van der Waals surface area contributed by atoms with Crippen molar-refractivity contribution in [3.63, 3.8) is 0 Å². The van der Waals surface area contributed by atoms with E-state index >= 15 is 0 Å². The molecule has 27 heavy (non-hydrogen) atoms. The van der Waals surface area contributed by atoms with E-state index in [2.05, 4.69) is 5.32 Å². The Bertz CT molecular complexity index is 823. The third kappa shape index (κ3) is 5.20. The lowest BCUT2D eigenvalue weighted by Gasteiger charge is -2.21. The highest BCUT2D eigenvalue weighted by molar-refractivity contribution is 5.94. The summed E-state index contributed by atoms with van der Waals surface area (Å²) in [6.45, 7) is 2.69. The molecule has 142 valence electrons. The lowest BCUT2D eigenvalue weighted by molar-refractivity contribution is -0.132. The maximum Gasteiger partial charge on any atom is 0.243 e. The lowest BCUT2D eigenvalue weighted by Crippen LogP contribution is -2.38. The minimum Gasteiger partial charge on any atom is -0.486 e. The van der Waals surface area contributed by atoms with E-state index in [0.717, 1.165) is 5.56 Å². The number of benzene rings is 2. The first-order valence-electron chi connectivity index (χ1n) is 8.71. The van der Waals surface area contributed by atoms with E-state index < -0.39 is 0 Å². The Balaban J connectivity index is 1.56. The second kappa shape index (κ2) is 8.53. The molecule has 1 aliphatic rings. The first kappa shape index (κ1) is 18.7. The van der Waals surface area contributed by atoms with Crippen molar-refractivity contribution in [2.75, 3.05) is 31.6 Å². The molecular weight excluding hydrogens is 351 g/mol. The molecule has 6 nitrogen and oxygen atoms in total. The van der Waals surface area contributed by atoms with Gasteiger partial charge in [-0.25, -0.2) is 4.39 Å². The summed E-state index contributed by atoms with van der Waals surface area (Å²) < 4.78 is 23.9. The van der Waals surface area contributed by atoms with Crippen LogP contribution in [0.2, 0.25) is 0 Å². The number of ether oxygens (including phenoxy) is 2. The zero-order valence-electron chi connectivity index (χ0n) is 15.0. The van der Waals surface area contributed by atoms with Gasteiger partial charge in [0.05, 0.1) is 6.54 Å². The maximum absolute atomic E-state index is 13.0. The zero-order chi connectivity index (χ0) is 19.2. The van der Waals surface area contributed by atoms with Gasteiger partial charge in [-0.1, -0.05) is 12.1 Å². The van der Waals surface area contributed by atoms with Crippen LogP contribution in [-0.2, 0) is 16.0 Å². The number of amides is 2. The van der Waals surface area contributed by atoms with E-state index in [1.807, 2.05) is 0 Å². The quantitative estimate of drug-likeness (QED) is 0.847. The number of halogens is 1. The first-order chi connectivity index (χ1) is 13.0. The summed E-state index contributed by atoms with van der Waals surface area (Å²) in [5.41, 5.74) is 1.47. The number of hydrogen-bond acceptors (Lipinski definition) is 4. The molecule has 0 bridgehead atoms. The number of nitrogens with zero attached hydrogens (tertiary/aromatic N) is 1. The summed E-state index contributed by atoms with van der Waals surface area (Å²) >= 11 is 0. The molecular formula is C20H21FN2O4. The lowest BCUT2D eigenvalue weighted by atomic mass is 10.1. The predicted molar refractivity (Wildman–Crippen MR) is 98.4 cm³/mol. The van der Waals surface area contributed by atoms with Gasteiger partial charge in [0.25, 0.3) is 0 Å². The molecule has 2 amide bonds. The molecule has 0 aliphatic carbocycles. The third-order valence-electron chi connectivity index (χ3n) is 4.19. The minimum atomic E-state index is -0.305. The fourth-order valence-electron chi connectivity index (χ4n) is 2.76. The monoisotopic (exact) mass is 372 g/mol. The summed E-state index contributed by atoms with van der Waals surface area (Å²) in [4.78, 5) is 25.6. The Morgan fingerprint density at radius 1 is 1.07 bits per heavy atom. The van der Waals surface area contributed by atoms with E-state index in [1.54, 1.807) is 30.3 Å². The zero-order valence-corrected chi connectivity index (χ0v) is 15.0. The molecule has 1 N–H and O–H groups in total. The van der Waals surface area contributed by atoms with Gasteiger partial charge in [0.1, 0.15) is 19.0 Å². The van der Waals surface area contributed by atoms with Crippen LogP contribution in [0.25, 0.3) is 0 Å². The summed E-state index contributed by atoms with van der Waals surface area (Å²) in [6.07, 6.45) is 0.539. The van der Waals surface area contributed by atoms with Gasteiger partial charge in [0.2, 0.25) is 11.8 Å². The highest BCUT2D eigenvalue weighted by atomic mass is 19.1. The standard InChI is InChI=1S/C20H21FN2O4/c1-14(24)23(9-8-15-2-4-16(21)5-3-15)13-20(25)22-17-6-7-18-19(12-17)27-11-10-26-18/h2-7,12H,8-11,13H2,1H3,(H,22,25). The Hall–Kier alpha value is -3.09. The number of rotatable bonds is 6. The molecule has 1 aliphatic heterocycles. The fraction of sp³-hybridized carbons (Fsp3) is 0.300. The van der Waals surface area contributed by atoms with Gasteiger partial charge in [-0.3, -0.25) is 9.59 Å². The van der Waals surface area contributed by atoms with Crippen LogP contribution in [0.5, 0.6) is 11.5 Å². The van der Waals surface area contributed by atoms with Crippen LogP contribution in [0.3, 0.4) is 0 Å². The van der Waals surface area contributed by atoms with Gasteiger partial charge in [-0.15, -0.1) is 0 Å². The molecule has 0 aromatic heterocycles. The molecule has 0 saturated heterocycles. The third-order valence-corrected chi connectivity index (χ3v) is 4.19. The second-order valence-electron chi connectivity index (χ2n) is 6.22. The second-order valence-corrected chi connectivity index (χ2v) is 6.22. The van der Waals surface area contributed by atoms with Crippen molar-refractivity contribution >= 4 is 17.5 Å². The van der Waals surface area contributed by atoms with Crippen LogP contribution in [0.4, 0.5) is 10.1 Å². The molecule has 0 fully saturated rings. The number of carbonyl (C=O) groups excluding carboxylic acids is 2. The SMILES string of the molecule is CC(=O)N(CCc1ccc(F)cc1)CC(=O)Nc1ccc2c(c1)OCCO2. The van der Waals surface area contributed by atoms with Crippen molar-refractivity contribution in [3.05, 3.63) is 53.8 Å². The van der Waals surface area contributed by atoms with Gasteiger partial charge in [-0.2, -0.15) is 0 Å². The van der Waals surface area contributed by atoms with Crippen molar-refractivity contribution in [3.8, 4) is 11.5 Å². The van der Waals surface area contributed by atoms with Gasteiger partial charge < -0.3 is 19.7 Å². The Morgan fingerprint density at radius 3 is 2.48 bits per heavy atom. The smallest absolute Gasteiger partial charge is 0.243 e. The fourth-order valence-corrected chi connectivity index (χ4v) is 2.76. The molecule has 7 heteroatoms. The van der Waals surface area contributed by atoms with Crippen LogP contribution >= 0.6 is 0 Å². The van der Waals surface area contributed by atoms with E-state index in [1.165, 1.54) is 24.0 Å². The van der Waals surface area contributed by atoms with Crippen LogP contribution < -0.4 is 14.8 Å². The number of anilines is 1. The number of carbonyl (C=O) groups is 2. The largest absolute Gasteiger partial charge is 0.486 e. The topological polar surface area (TPSA) is 67.9 Å². The molecule has 1 heterocycles. The normalized spacial score (nSPS) is 12.4. The van der Waals surface area contributed by atoms with E-state index in [4.69, 9.17) is 9.47 Å². The number of fused-ring (bicyclic) bond motifs is 1. The molecule has 0 spiro atoms. The molecule has 2 aromatic carbocycles. The van der Waals surface area contributed by atoms with Crippen LogP contribution in [0, 0.1) is 5.82 Å². The van der Waals surface area contributed by atoms with Crippen molar-refractivity contribution < 1.29 is 23.5 Å². The summed E-state index contributed by atoms with van der Waals surface area (Å²) in [7, 11) is 0. The van der Waals surface area contributed by atoms with Crippen molar-refractivity contribution in [1.82, 2.24) is 4.90 Å². The summed E-state index contributed by atoms with van der Waals surface area (Å²) in [5, 5.41) is 2.77. The van der Waals surface area contributed by atoms with Crippen molar-refractivity contribution in [1.29, 1.82) is 0 Å². The molecule has 0 saturated carbocycles. The molecule has 0 radical (unpaired) electrons. The average molecular weight is 372 g/mol. The highest BCUT2D eigenvalue weighted by Gasteiger charge is 2.16. The van der Waals surface area contributed by atoms with Gasteiger partial charge in [-0.05, 0) is 36.2 Å². The molecule has 3 rings (SSSR count). The molecule has 0 unspecified atom stereocenters. The predicted octanol–water partition coefficient (Wildman–Crippen LogP) is 2.63. The van der Waals surface area contributed by atoms with Crippen molar-refractivity contribution in [2.24, 2.45) is 0 Å². The van der Waals surface area contributed by atoms with E-state index in [9.17, 15) is 14.0 Å². The number of hydrogen-bond donors (Lipinski definition) is 1. The molecule has 0 atom stereocenters. The van der Waals surface area contributed by atoms with Gasteiger partial charge in [0, 0.05) is 25.2 Å². The van der Waals surface area contributed by atoms with Crippen LogP contribution in [0.15, 0.2) is 42.5 Å². The Morgan fingerprint density at radius 2 is 1.78 bits per heavy atom. The first-order valence-corrected chi connectivity index (χ1v) is 8.71. The average Bonchev–Trinajstić information content (AvgIpc) is 2.66. The summed E-state index contributed by atoms with van der Waals surface area (Å²) in [6, 6.07) is 11.3. The van der Waals surface area contributed by atoms with Crippen LogP contribution in [-0.4, -0.2) is 43.0 Å². The van der Waals surface area contributed by atoms with Crippen LogP contribution in [0.1, 0.15) is 12.5 Å². The van der Waals surface area contributed by atoms with Crippen molar-refractivity contribution in [2.45, 2.75) is 13.3 Å². The van der Waals surface area contributed by atoms with Gasteiger partial charge >= 0.3 is 0 Å². The summed E-state index contributed by atoms with van der Waals surface area (Å²) in [5.74, 6) is 0.416. The van der Waals surface area contributed by atoms with Gasteiger partial charge in [0.15, 0.2) is 11.5 Å². The Kier molecular flexibility index (Phi) is 5.90. The Labute approximate surface area is 156 Å².